The normalized spacial score (nSPS) is 10.8. The van der Waals surface area contributed by atoms with Crippen molar-refractivity contribution in [2.45, 2.75) is 32.9 Å². The predicted octanol–water partition coefficient (Wildman–Crippen LogP) is 3.66. The average molecular weight is 275 g/mol. The van der Waals surface area contributed by atoms with Crippen LogP contribution >= 0.6 is 11.3 Å². The van der Waals surface area contributed by atoms with E-state index in [4.69, 9.17) is 10.5 Å². The van der Waals surface area contributed by atoms with Gasteiger partial charge in [0.05, 0.1) is 6.61 Å². The van der Waals surface area contributed by atoms with Gasteiger partial charge in [-0.2, -0.15) is 0 Å². The maximum absolute atomic E-state index is 5.75. The molecule has 2 aromatic rings. The van der Waals surface area contributed by atoms with E-state index < -0.39 is 0 Å². The number of ether oxygens (including phenoxy) is 1. The van der Waals surface area contributed by atoms with E-state index >= 15 is 0 Å². The zero-order valence-corrected chi connectivity index (χ0v) is 12.2. The van der Waals surface area contributed by atoms with Gasteiger partial charge in [-0.05, 0) is 37.0 Å². The third-order valence-electron chi connectivity index (χ3n) is 3.13. The Hall–Kier alpha value is -1.16. The van der Waals surface area contributed by atoms with E-state index in [1.807, 2.05) is 6.07 Å². The minimum absolute atomic E-state index is 0.625. The summed E-state index contributed by atoms with van der Waals surface area (Å²) in [5.41, 5.74) is 8.30. The number of hydrogen-bond acceptors (Lipinski definition) is 3. The Balaban J connectivity index is 1.68. The third kappa shape index (κ3) is 4.46. The molecule has 0 saturated carbocycles. The van der Waals surface area contributed by atoms with Crippen molar-refractivity contribution in [3.63, 3.8) is 0 Å². The van der Waals surface area contributed by atoms with Crippen LogP contribution in [0.1, 0.15) is 27.3 Å². The van der Waals surface area contributed by atoms with Gasteiger partial charge in [-0.15, -0.1) is 11.3 Å². The first-order valence-corrected chi connectivity index (χ1v) is 7.51. The van der Waals surface area contributed by atoms with E-state index in [2.05, 4.69) is 37.3 Å². The molecule has 3 heteroatoms. The summed E-state index contributed by atoms with van der Waals surface area (Å²) >= 11 is 1.77. The maximum Gasteiger partial charge on any atom is 0.0727 e. The van der Waals surface area contributed by atoms with Crippen molar-refractivity contribution in [2.75, 3.05) is 6.61 Å². The summed E-state index contributed by atoms with van der Waals surface area (Å²) in [7, 11) is 0. The summed E-state index contributed by atoms with van der Waals surface area (Å²) in [6.45, 7) is 4.27. The van der Waals surface area contributed by atoms with Crippen molar-refractivity contribution in [3.05, 3.63) is 57.3 Å². The number of nitrogens with two attached hydrogens (primary N) is 1. The van der Waals surface area contributed by atoms with E-state index in [1.165, 1.54) is 20.9 Å². The molecule has 0 aliphatic rings. The minimum Gasteiger partial charge on any atom is -0.377 e. The van der Waals surface area contributed by atoms with Gasteiger partial charge in [0.1, 0.15) is 0 Å². The van der Waals surface area contributed by atoms with Gasteiger partial charge in [0.25, 0.3) is 0 Å². The summed E-state index contributed by atoms with van der Waals surface area (Å²) in [5.74, 6) is 0. The molecule has 1 aromatic heterocycles. The number of benzene rings is 1. The monoisotopic (exact) mass is 275 g/mol. The highest BCUT2D eigenvalue weighted by Crippen LogP contribution is 2.21. The van der Waals surface area contributed by atoms with Gasteiger partial charge in [-0.25, -0.2) is 0 Å². The number of thiophene rings is 1. The lowest BCUT2D eigenvalue weighted by Crippen LogP contribution is -1.98. The molecular weight excluding hydrogens is 254 g/mol. The Morgan fingerprint density at radius 1 is 1.21 bits per heavy atom. The zero-order valence-electron chi connectivity index (χ0n) is 11.4. The quantitative estimate of drug-likeness (QED) is 0.783. The first kappa shape index (κ1) is 14.3. The van der Waals surface area contributed by atoms with E-state index in [9.17, 15) is 0 Å². The van der Waals surface area contributed by atoms with Crippen molar-refractivity contribution in [1.29, 1.82) is 0 Å². The fraction of sp³-hybridized carbons (Fsp3) is 0.375. The van der Waals surface area contributed by atoms with Gasteiger partial charge in [-0.1, -0.05) is 30.3 Å². The van der Waals surface area contributed by atoms with E-state index in [0.29, 0.717) is 13.2 Å². The van der Waals surface area contributed by atoms with Crippen molar-refractivity contribution in [2.24, 2.45) is 5.73 Å². The van der Waals surface area contributed by atoms with E-state index in [0.717, 1.165) is 19.4 Å². The predicted molar refractivity (Wildman–Crippen MR) is 81.4 cm³/mol. The van der Waals surface area contributed by atoms with E-state index in [1.54, 1.807) is 11.3 Å². The molecule has 19 heavy (non-hydrogen) atoms. The molecule has 0 radical (unpaired) electrons. The lowest BCUT2D eigenvalue weighted by atomic mass is 10.1. The Kier molecular flexibility index (Phi) is 5.58. The number of aryl methyl sites for hydroxylation is 2. The van der Waals surface area contributed by atoms with Crippen LogP contribution in [0.15, 0.2) is 36.4 Å². The molecule has 0 atom stereocenters. The van der Waals surface area contributed by atoms with Gasteiger partial charge in [0, 0.05) is 22.9 Å². The van der Waals surface area contributed by atoms with Gasteiger partial charge in [0.15, 0.2) is 0 Å². The molecule has 0 saturated heterocycles. The second-order valence-electron chi connectivity index (χ2n) is 4.64. The minimum atomic E-state index is 0.625. The SMILES string of the molecule is Cc1sc(CN)cc1COCCCc1ccccc1. The highest BCUT2D eigenvalue weighted by Gasteiger charge is 2.04. The molecule has 0 aliphatic heterocycles. The van der Waals surface area contributed by atoms with Crippen LogP contribution in [-0.4, -0.2) is 6.61 Å². The fourth-order valence-corrected chi connectivity index (χ4v) is 2.96. The molecule has 0 fully saturated rings. The Morgan fingerprint density at radius 3 is 2.68 bits per heavy atom. The smallest absolute Gasteiger partial charge is 0.0727 e. The highest BCUT2D eigenvalue weighted by atomic mass is 32.1. The number of hydrogen-bond donors (Lipinski definition) is 1. The van der Waals surface area contributed by atoms with Crippen LogP contribution in [0.25, 0.3) is 0 Å². The van der Waals surface area contributed by atoms with Gasteiger partial charge < -0.3 is 10.5 Å². The highest BCUT2D eigenvalue weighted by molar-refractivity contribution is 7.12. The van der Waals surface area contributed by atoms with Gasteiger partial charge in [-0.3, -0.25) is 0 Å². The Bertz CT molecular complexity index is 493. The van der Waals surface area contributed by atoms with Crippen LogP contribution in [0.2, 0.25) is 0 Å². The fourth-order valence-electron chi connectivity index (χ4n) is 2.04. The maximum atomic E-state index is 5.75. The average Bonchev–Trinajstić information content (AvgIpc) is 2.80. The van der Waals surface area contributed by atoms with Gasteiger partial charge in [0.2, 0.25) is 0 Å². The zero-order chi connectivity index (χ0) is 13.5. The Labute approximate surface area is 119 Å². The van der Waals surface area contributed by atoms with Crippen LogP contribution in [0.5, 0.6) is 0 Å². The summed E-state index contributed by atoms with van der Waals surface area (Å²) in [5, 5.41) is 0. The topological polar surface area (TPSA) is 35.2 Å². The second kappa shape index (κ2) is 7.43. The summed E-state index contributed by atoms with van der Waals surface area (Å²) in [6, 6.07) is 12.7. The van der Waals surface area contributed by atoms with Crippen molar-refractivity contribution < 1.29 is 4.74 Å². The number of rotatable bonds is 7. The molecule has 2 rings (SSSR count). The molecular formula is C16H21NOS. The third-order valence-corrected chi connectivity index (χ3v) is 4.24. The largest absolute Gasteiger partial charge is 0.377 e. The van der Waals surface area contributed by atoms with Crippen molar-refractivity contribution in [3.8, 4) is 0 Å². The summed E-state index contributed by atoms with van der Waals surface area (Å²) < 4.78 is 5.75. The standard InChI is InChI=1S/C16H21NOS/c1-13-15(10-16(11-17)19-13)12-18-9-5-8-14-6-3-2-4-7-14/h2-4,6-7,10H,5,8-9,11-12,17H2,1H3. The lowest BCUT2D eigenvalue weighted by Gasteiger charge is -2.04. The van der Waals surface area contributed by atoms with Crippen LogP contribution < -0.4 is 5.73 Å². The molecule has 0 aliphatic carbocycles. The van der Waals surface area contributed by atoms with Crippen LogP contribution in [0.3, 0.4) is 0 Å². The molecule has 102 valence electrons. The Morgan fingerprint density at radius 2 is 2.00 bits per heavy atom. The molecule has 2 N–H and O–H groups in total. The molecule has 0 unspecified atom stereocenters. The summed E-state index contributed by atoms with van der Waals surface area (Å²) in [4.78, 5) is 2.56. The van der Waals surface area contributed by atoms with E-state index in [-0.39, 0.29) is 0 Å². The first-order valence-electron chi connectivity index (χ1n) is 6.69. The molecule has 0 amide bonds. The molecule has 1 heterocycles. The van der Waals surface area contributed by atoms with Crippen LogP contribution in [0.4, 0.5) is 0 Å². The first-order chi connectivity index (χ1) is 9.29. The van der Waals surface area contributed by atoms with Crippen molar-refractivity contribution >= 4 is 11.3 Å². The summed E-state index contributed by atoms with van der Waals surface area (Å²) in [6.07, 6.45) is 2.15. The van der Waals surface area contributed by atoms with Crippen LogP contribution in [-0.2, 0) is 24.3 Å². The molecule has 2 nitrogen and oxygen atoms in total. The van der Waals surface area contributed by atoms with Crippen molar-refractivity contribution in [1.82, 2.24) is 0 Å². The molecule has 0 spiro atoms. The van der Waals surface area contributed by atoms with Crippen LogP contribution in [0, 0.1) is 6.92 Å². The molecule has 1 aromatic carbocycles. The lowest BCUT2D eigenvalue weighted by molar-refractivity contribution is 0.118. The van der Waals surface area contributed by atoms with Gasteiger partial charge >= 0.3 is 0 Å². The second-order valence-corrected chi connectivity index (χ2v) is 5.98. The molecule has 0 bridgehead atoms.